The number of carboxylic acids is 1. The van der Waals surface area contributed by atoms with E-state index in [-0.39, 0.29) is 5.91 Å². The molecule has 0 saturated heterocycles. The number of anilines is 1. The quantitative estimate of drug-likeness (QED) is 0.834. The third-order valence-electron chi connectivity index (χ3n) is 2.66. The number of carbonyl (C=O) groups excluding carboxylic acids is 1. The van der Waals surface area contributed by atoms with E-state index in [9.17, 15) is 9.59 Å². The smallest absolute Gasteiger partial charge is 0.328 e. The van der Waals surface area contributed by atoms with E-state index in [0.29, 0.717) is 15.6 Å². The number of carbonyl (C=O) groups is 2. The van der Waals surface area contributed by atoms with Crippen LogP contribution in [0, 0.1) is 6.92 Å². The molecular weight excluding hydrogens is 310 g/mol. The molecule has 6 heteroatoms. The van der Waals surface area contributed by atoms with E-state index in [2.05, 4.69) is 5.32 Å². The average Bonchev–Trinajstić information content (AvgIpc) is 2.80. The van der Waals surface area contributed by atoms with E-state index in [1.54, 1.807) is 30.3 Å². The number of halogens is 1. The maximum Gasteiger partial charge on any atom is 0.328 e. The van der Waals surface area contributed by atoms with Crippen molar-refractivity contribution in [3.8, 4) is 0 Å². The van der Waals surface area contributed by atoms with Gasteiger partial charge < -0.3 is 10.4 Å². The summed E-state index contributed by atoms with van der Waals surface area (Å²) in [5, 5.41) is 12.0. The summed E-state index contributed by atoms with van der Waals surface area (Å²) in [7, 11) is 0. The first-order chi connectivity index (χ1) is 9.95. The van der Waals surface area contributed by atoms with E-state index in [1.807, 2.05) is 6.92 Å². The van der Waals surface area contributed by atoms with Crippen molar-refractivity contribution in [2.75, 3.05) is 5.32 Å². The summed E-state index contributed by atoms with van der Waals surface area (Å²) in [6, 6.07) is 8.55. The fourth-order valence-electron chi connectivity index (χ4n) is 1.65. The standard InChI is InChI=1S/C15H12ClNO3S/c1-9-8-13(21-12(9)6-7-14(18)19)15(20)17-11-4-2-10(16)3-5-11/h2-8H,1H3,(H,17,20)(H,18,19)/b7-6+. The molecule has 0 fully saturated rings. The van der Waals surface area contributed by atoms with Gasteiger partial charge in [0.1, 0.15) is 0 Å². The van der Waals surface area contributed by atoms with Gasteiger partial charge in [-0.2, -0.15) is 0 Å². The van der Waals surface area contributed by atoms with Crippen molar-refractivity contribution in [3.05, 3.63) is 56.7 Å². The first-order valence-electron chi connectivity index (χ1n) is 6.04. The SMILES string of the molecule is Cc1cc(C(=O)Nc2ccc(Cl)cc2)sc1/C=C/C(=O)O. The lowest BCUT2D eigenvalue weighted by Crippen LogP contribution is -2.09. The molecule has 0 aliphatic carbocycles. The average molecular weight is 322 g/mol. The molecule has 0 aliphatic heterocycles. The lowest BCUT2D eigenvalue weighted by molar-refractivity contribution is -0.131. The molecule has 2 aromatic rings. The first-order valence-corrected chi connectivity index (χ1v) is 7.23. The monoisotopic (exact) mass is 321 g/mol. The molecular formula is C15H12ClNO3S. The number of nitrogens with one attached hydrogen (secondary N) is 1. The lowest BCUT2D eigenvalue weighted by atomic mass is 10.2. The van der Waals surface area contributed by atoms with Crippen molar-refractivity contribution in [3.63, 3.8) is 0 Å². The number of carboxylic acid groups (broad SMARTS) is 1. The van der Waals surface area contributed by atoms with Crippen molar-refractivity contribution in [2.24, 2.45) is 0 Å². The summed E-state index contributed by atoms with van der Waals surface area (Å²) in [6.07, 6.45) is 2.54. The summed E-state index contributed by atoms with van der Waals surface area (Å²) >= 11 is 7.03. The van der Waals surface area contributed by atoms with Gasteiger partial charge in [-0.1, -0.05) is 11.6 Å². The molecule has 0 spiro atoms. The molecule has 0 radical (unpaired) electrons. The number of benzene rings is 1. The Morgan fingerprint density at radius 2 is 1.95 bits per heavy atom. The van der Waals surface area contributed by atoms with E-state index in [1.165, 1.54) is 17.4 Å². The molecule has 1 aromatic heterocycles. The number of thiophene rings is 1. The maximum absolute atomic E-state index is 12.1. The molecule has 4 nitrogen and oxygen atoms in total. The molecule has 0 unspecified atom stereocenters. The molecule has 0 aliphatic rings. The Morgan fingerprint density at radius 3 is 2.57 bits per heavy atom. The van der Waals surface area contributed by atoms with Crippen molar-refractivity contribution in [1.29, 1.82) is 0 Å². The molecule has 108 valence electrons. The highest BCUT2D eigenvalue weighted by Crippen LogP contribution is 2.24. The van der Waals surface area contributed by atoms with E-state index >= 15 is 0 Å². The fourth-order valence-corrected chi connectivity index (χ4v) is 2.74. The van der Waals surface area contributed by atoms with Crippen molar-refractivity contribution >= 4 is 46.6 Å². The molecule has 2 N–H and O–H groups in total. The second kappa shape index (κ2) is 6.56. The van der Waals surface area contributed by atoms with Gasteiger partial charge in [0.15, 0.2) is 0 Å². The summed E-state index contributed by atoms with van der Waals surface area (Å²) in [5.74, 6) is -1.25. The minimum absolute atomic E-state index is 0.236. The largest absolute Gasteiger partial charge is 0.478 e. The van der Waals surface area contributed by atoms with Crippen molar-refractivity contribution in [2.45, 2.75) is 6.92 Å². The molecule has 1 amide bonds. The molecule has 21 heavy (non-hydrogen) atoms. The van der Waals surface area contributed by atoms with Gasteiger partial charge in [0.25, 0.3) is 5.91 Å². The van der Waals surface area contributed by atoms with Gasteiger partial charge >= 0.3 is 5.97 Å². The Morgan fingerprint density at radius 1 is 1.29 bits per heavy atom. The Labute approximate surface area is 130 Å². The topological polar surface area (TPSA) is 66.4 Å². The van der Waals surface area contributed by atoms with Crippen LogP contribution in [0.4, 0.5) is 5.69 Å². The summed E-state index contributed by atoms with van der Waals surface area (Å²) < 4.78 is 0. The summed E-state index contributed by atoms with van der Waals surface area (Å²) in [5.41, 5.74) is 1.51. The zero-order valence-corrected chi connectivity index (χ0v) is 12.7. The summed E-state index contributed by atoms with van der Waals surface area (Å²) in [4.78, 5) is 23.9. The highest BCUT2D eigenvalue weighted by Gasteiger charge is 2.11. The number of aliphatic carboxylic acids is 1. The van der Waals surface area contributed by atoms with E-state index in [0.717, 1.165) is 16.5 Å². The highest BCUT2D eigenvalue weighted by molar-refractivity contribution is 7.15. The van der Waals surface area contributed by atoms with Crippen LogP contribution in [-0.2, 0) is 4.79 Å². The van der Waals surface area contributed by atoms with Crippen LogP contribution in [0.15, 0.2) is 36.4 Å². The maximum atomic E-state index is 12.1. The number of hydrogen-bond donors (Lipinski definition) is 2. The first kappa shape index (κ1) is 15.3. The molecule has 0 bridgehead atoms. The van der Waals surface area contributed by atoms with Crippen LogP contribution in [0.2, 0.25) is 5.02 Å². The minimum atomic E-state index is -1.02. The van der Waals surface area contributed by atoms with Gasteiger partial charge in [-0.3, -0.25) is 4.79 Å². The van der Waals surface area contributed by atoms with Crippen LogP contribution in [0.5, 0.6) is 0 Å². The van der Waals surface area contributed by atoms with Gasteiger partial charge in [-0.25, -0.2) is 4.79 Å². The van der Waals surface area contributed by atoms with Crippen LogP contribution in [-0.4, -0.2) is 17.0 Å². The normalized spacial score (nSPS) is 10.8. The van der Waals surface area contributed by atoms with Crippen LogP contribution in [0.25, 0.3) is 6.08 Å². The second-order valence-corrected chi connectivity index (χ2v) is 5.81. The summed E-state index contributed by atoms with van der Waals surface area (Å²) in [6.45, 7) is 1.83. The van der Waals surface area contributed by atoms with Gasteiger partial charge in [0, 0.05) is 21.7 Å². The predicted octanol–water partition coefficient (Wildman–Crippen LogP) is 4.06. The lowest BCUT2D eigenvalue weighted by Gasteiger charge is -2.02. The third-order valence-corrected chi connectivity index (χ3v) is 4.11. The van der Waals surface area contributed by atoms with Crippen LogP contribution in [0.3, 0.4) is 0 Å². The van der Waals surface area contributed by atoms with Gasteiger partial charge in [0.05, 0.1) is 4.88 Å². The van der Waals surface area contributed by atoms with Crippen LogP contribution in [0.1, 0.15) is 20.1 Å². The Hall–Kier alpha value is -2.11. The predicted molar refractivity (Wildman–Crippen MR) is 85.1 cm³/mol. The fraction of sp³-hybridized carbons (Fsp3) is 0.0667. The van der Waals surface area contributed by atoms with Gasteiger partial charge in [-0.05, 0) is 48.9 Å². The zero-order chi connectivity index (χ0) is 15.4. The zero-order valence-electron chi connectivity index (χ0n) is 11.1. The molecule has 1 aromatic carbocycles. The van der Waals surface area contributed by atoms with Crippen LogP contribution < -0.4 is 5.32 Å². The number of rotatable bonds is 4. The number of amides is 1. The molecule has 2 rings (SSSR count). The molecule has 0 atom stereocenters. The van der Waals surface area contributed by atoms with Gasteiger partial charge in [-0.15, -0.1) is 11.3 Å². The Kier molecular flexibility index (Phi) is 4.77. The second-order valence-electron chi connectivity index (χ2n) is 4.29. The van der Waals surface area contributed by atoms with Crippen molar-refractivity contribution in [1.82, 2.24) is 0 Å². The van der Waals surface area contributed by atoms with E-state index < -0.39 is 5.97 Å². The Balaban J connectivity index is 2.14. The Bertz CT molecular complexity index is 704. The third kappa shape index (κ3) is 4.18. The van der Waals surface area contributed by atoms with Gasteiger partial charge in [0.2, 0.25) is 0 Å². The van der Waals surface area contributed by atoms with Crippen molar-refractivity contribution < 1.29 is 14.7 Å². The number of hydrogen-bond acceptors (Lipinski definition) is 3. The minimum Gasteiger partial charge on any atom is -0.478 e. The molecule has 0 saturated carbocycles. The number of aryl methyl sites for hydroxylation is 1. The highest BCUT2D eigenvalue weighted by atomic mass is 35.5. The van der Waals surface area contributed by atoms with Crippen LogP contribution >= 0.6 is 22.9 Å². The van der Waals surface area contributed by atoms with E-state index in [4.69, 9.17) is 16.7 Å². The molecule has 1 heterocycles.